The van der Waals surface area contributed by atoms with Crippen LogP contribution in [0.5, 0.6) is 0 Å². The molecule has 0 aliphatic heterocycles. The lowest BCUT2D eigenvalue weighted by molar-refractivity contribution is -0.142. The molecule has 1 saturated carbocycles. The first-order chi connectivity index (χ1) is 17.4. The van der Waals surface area contributed by atoms with Crippen LogP contribution in [0.2, 0.25) is 0 Å². The first-order valence-corrected chi connectivity index (χ1v) is 14.1. The molecule has 3 amide bonds. The number of alkyl carbamates (subject to hydrolysis) is 1. The average molecular weight is 516 g/mol. The van der Waals surface area contributed by atoms with E-state index in [9.17, 15) is 14.4 Å². The molecular weight excluding hydrogens is 466 g/mol. The van der Waals surface area contributed by atoms with Gasteiger partial charge >= 0.3 is 6.09 Å². The number of benzene rings is 1. The van der Waals surface area contributed by atoms with Crippen LogP contribution >= 0.6 is 0 Å². The van der Waals surface area contributed by atoms with Crippen LogP contribution in [0.3, 0.4) is 0 Å². The molecule has 1 aromatic carbocycles. The Balaban J connectivity index is 2.40. The van der Waals surface area contributed by atoms with Crippen LogP contribution in [0.4, 0.5) is 4.79 Å². The van der Waals surface area contributed by atoms with Crippen LogP contribution in [0, 0.1) is 13.8 Å². The minimum absolute atomic E-state index is 0.128. The van der Waals surface area contributed by atoms with Gasteiger partial charge in [0.15, 0.2) is 0 Å². The van der Waals surface area contributed by atoms with Gasteiger partial charge in [-0.2, -0.15) is 0 Å². The summed E-state index contributed by atoms with van der Waals surface area (Å²) < 4.78 is 5.38. The molecule has 7 nitrogen and oxygen atoms in total. The lowest BCUT2D eigenvalue weighted by Gasteiger charge is -2.36. The van der Waals surface area contributed by atoms with Gasteiger partial charge in [-0.05, 0) is 77.5 Å². The largest absolute Gasteiger partial charge is 0.444 e. The Kier molecular flexibility index (Phi) is 11.9. The third-order valence-electron chi connectivity index (χ3n) is 7.09. The van der Waals surface area contributed by atoms with E-state index in [4.69, 9.17) is 4.74 Å². The van der Waals surface area contributed by atoms with Gasteiger partial charge in [-0.3, -0.25) is 9.59 Å². The number of amides is 3. The molecule has 37 heavy (non-hydrogen) atoms. The highest BCUT2D eigenvalue weighted by Gasteiger charge is 2.36. The molecule has 208 valence electrons. The van der Waals surface area contributed by atoms with E-state index in [1.165, 1.54) is 6.42 Å². The molecule has 0 spiro atoms. The highest BCUT2D eigenvalue weighted by molar-refractivity contribution is 5.92. The van der Waals surface area contributed by atoms with E-state index in [2.05, 4.69) is 17.6 Å². The minimum Gasteiger partial charge on any atom is -0.444 e. The third kappa shape index (κ3) is 9.67. The second-order valence-corrected chi connectivity index (χ2v) is 11.5. The molecule has 0 saturated heterocycles. The molecule has 2 rings (SSSR count). The molecule has 0 heterocycles. The average Bonchev–Trinajstić information content (AvgIpc) is 2.82. The molecule has 1 aliphatic carbocycles. The Morgan fingerprint density at radius 1 is 1.05 bits per heavy atom. The molecule has 2 unspecified atom stereocenters. The summed E-state index contributed by atoms with van der Waals surface area (Å²) in [7, 11) is 0. The fraction of sp³-hybridized carbons (Fsp3) is 0.700. The highest BCUT2D eigenvalue weighted by Crippen LogP contribution is 2.29. The predicted molar refractivity (Wildman–Crippen MR) is 148 cm³/mol. The van der Waals surface area contributed by atoms with E-state index in [0.717, 1.165) is 68.1 Å². The molecule has 1 aromatic rings. The van der Waals surface area contributed by atoms with Crippen molar-refractivity contribution in [2.24, 2.45) is 0 Å². The van der Waals surface area contributed by atoms with Gasteiger partial charge in [-0.15, -0.1) is 0 Å². The zero-order valence-corrected chi connectivity index (χ0v) is 24.1. The maximum Gasteiger partial charge on any atom is 0.408 e. The number of hydrogen-bond donors (Lipinski definition) is 2. The molecule has 0 aromatic heterocycles. The van der Waals surface area contributed by atoms with E-state index in [-0.39, 0.29) is 17.9 Å². The SMILES string of the molecule is CCCCCCN(C(=O)C(C)NC(=O)OC(C)(C)C)C(C(=O)NC1CCCCC1)c1cccc(C)c1C. The summed E-state index contributed by atoms with van der Waals surface area (Å²) >= 11 is 0. The Bertz CT molecular complexity index is 903. The van der Waals surface area contributed by atoms with Crippen molar-refractivity contribution >= 4 is 17.9 Å². The summed E-state index contributed by atoms with van der Waals surface area (Å²) in [6.45, 7) is 13.6. The summed E-state index contributed by atoms with van der Waals surface area (Å²) in [4.78, 5) is 41.9. The second kappa shape index (κ2) is 14.4. The molecule has 1 fully saturated rings. The van der Waals surface area contributed by atoms with E-state index in [1.807, 2.05) is 32.0 Å². The Labute approximate surface area is 224 Å². The summed E-state index contributed by atoms with van der Waals surface area (Å²) in [5.74, 6) is -0.430. The van der Waals surface area contributed by atoms with Gasteiger partial charge < -0.3 is 20.3 Å². The fourth-order valence-corrected chi connectivity index (χ4v) is 4.92. The third-order valence-corrected chi connectivity index (χ3v) is 7.09. The van der Waals surface area contributed by atoms with Crippen molar-refractivity contribution < 1.29 is 19.1 Å². The smallest absolute Gasteiger partial charge is 0.408 e. The number of ether oxygens (including phenoxy) is 1. The monoisotopic (exact) mass is 515 g/mol. The van der Waals surface area contributed by atoms with Crippen LogP contribution in [0.15, 0.2) is 18.2 Å². The number of hydrogen-bond acceptors (Lipinski definition) is 4. The number of rotatable bonds is 11. The van der Waals surface area contributed by atoms with Crippen LogP contribution in [0.1, 0.15) is 115 Å². The summed E-state index contributed by atoms with van der Waals surface area (Å²) in [6.07, 6.45) is 8.60. The summed E-state index contributed by atoms with van der Waals surface area (Å²) in [6, 6.07) is 4.44. The zero-order valence-electron chi connectivity index (χ0n) is 24.1. The number of carbonyl (C=O) groups excluding carboxylic acids is 3. The van der Waals surface area contributed by atoms with Crippen molar-refractivity contribution in [1.29, 1.82) is 0 Å². The zero-order chi connectivity index (χ0) is 27.6. The Hall–Kier alpha value is -2.57. The van der Waals surface area contributed by atoms with Gasteiger partial charge in [-0.25, -0.2) is 4.79 Å². The van der Waals surface area contributed by atoms with Crippen LogP contribution in [-0.2, 0) is 14.3 Å². The van der Waals surface area contributed by atoms with Gasteiger partial charge in [0.05, 0.1) is 0 Å². The Morgan fingerprint density at radius 2 is 1.73 bits per heavy atom. The molecular formula is C30H49N3O4. The topological polar surface area (TPSA) is 87.7 Å². The van der Waals surface area contributed by atoms with Crippen LogP contribution < -0.4 is 10.6 Å². The lowest BCUT2D eigenvalue weighted by atomic mass is 9.92. The predicted octanol–water partition coefficient (Wildman–Crippen LogP) is 6.12. The molecule has 1 aliphatic rings. The lowest BCUT2D eigenvalue weighted by Crippen LogP contribution is -2.53. The molecule has 7 heteroatoms. The summed E-state index contributed by atoms with van der Waals surface area (Å²) in [5.41, 5.74) is 2.24. The highest BCUT2D eigenvalue weighted by atomic mass is 16.6. The number of nitrogens with zero attached hydrogens (tertiary/aromatic N) is 1. The van der Waals surface area contributed by atoms with Crippen LogP contribution in [-0.4, -0.2) is 47.0 Å². The molecule has 2 atom stereocenters. The second-order valence-electron chi connectivity index (χ2n) is 11.5. The van der Waals surface area contributed by atoms with Gasteiger partial charge in [0, 0.05) is 12.6 Å². The standard InChI is InChI=1S/C30H49N3O4/c1-8-9-10-14-20-33(28(35)23(4)31-29(36)37-30(5,6)7)26(25-19-15-16-21(2)22(25)3)27(34)32-24-17-12-11-13-18-24/h15-16,19,23-24,26H,8-14,17-18,20H2,1-7H3,(H,31,36)(H,32,34). The quantitative estimate of drug-likeness (QED) is 0.348. The molecule has 0 radical (unpaired) electrons. The fourth-order valence-electron chi connectivity index (χ4n) is 4.92. The minimum atomic E-state index is -0.837. The van der Waals surface area contributed by atoms with Gasteiger partial charge in [-0.1, -0.05) is 63.6 Å². The van der Waals surface area contributed by atoms with E-state index in [0.29, 0.717) is 6.54 Å². The maximum absolute atomic E-state index is 13.9. The van der Waals surface area contributed by atoms with Crippen molar-refractivity contribution in [2.45, 2.75) is 130 Å². The first kappa shape index (κ1) is 30.7. The number of carbonyl (C=O) groups is 3. The van der Waals surface area contributed by atoms with Crippen molar-refractivity contribution in [3.05, 3.63) is 34.9 Å². The van der Waals surface area contributed by atoms with Gasteiger partial charge in [0.2, 0.25) is 11.8 Å². The summed E-state index contributed by atoms with van der Waals surface area (Å²) in [5, 5.41) is 5.95. The van der Waals surface area contributed by atoms with Crippen molar-refractivity contribution in [3.63, 3.8) is 0 Å². The van der Waals surface area contributed by atoms with Crippen molar-refractivity contribution in [2.75, 3.05) is 6.54 Å². The number of nitrogens with one attached hydrogen (secondary N) is 2. The first-order valence-electron chi connectivity index (χ1n) is 14.1. The van der Waals surface area contributed by atoms with Crippen molar-refractivity contribution in [1.82, 2.24) is 15.5 Å². The van der Waals surface area contributed by atoms with Crippen molar-refractivity contribution in [3.8, 4) is 0 Å². The van der Waals surface area contributed by atoms with Crippen LogP contribution in [0.25, 0.3) is 0 Å². The van der Waals surface area contributed by atoms with Gasteiger partial charge in [0.25, 0.3) is 0 Å². The maximum atomic E-state index is 13.9. The molecule has 0 bridgehead atoms. The van der Waals surface area contributed by atoms with E-state index in [1.54, 1.807) is 32.6 Å². The normalized spacial score (nSPS) is 16.0. The van der Waals surface area contributed by atoms with Gasteiger partial charge in [0.1, 0.15) is 17.7 Å². The Morgan fingerprint density at radius 3 is 2.35 bits per heavy atom. The number of aryl methyl sites for hydroxylation is 1. The van der Waals surface area contributed by atoms with E-state index < -0.39 is 23.8 Å². The van der Waals surface area contributed by atoms with E-state index >= 15 is 0 Å². The number of unbranched alkanes of at least 4 members (excludes halogenated alkanes) is 3. The molecule has 2 N–H and O–H groups in total.